The van der Waals surface area contributed by atoms with E-state index in [1.165, 1.54) is 6.07 Å². The molecule has 33 heavy (non-hydrogen) atoms. The smallest absolute Gasteiger partial charge is 0.335 e. The zero-order chi connectivity index (χ0) is 24.6. The van der Waals surface area contributed by atoms with E-state index in [0.29, 0.717) is 28.2 Å². The minimum atomic E-state index is -3.81. The summed E-state index contributed by atoms with van der Waals surface area (Å²) in [5.74, 6) is -1.08. The zero-order valence-electron chi connectivity index (χ0n) is 17.8. The summed E-state index contributed by atoms with van der Waals surface area (Å²) >= 11 is 6.48. The number of aromatic carboxylic acids is 1. The van der Waals surface area contributed by atoms with Crippen LogP contribution in [0.1, 0.15) is 21.5 Å². The van der Waals surface area contributed by atoms with Crippen LogP contribution in [0.25, 0.3) is 0 Å². The summed E-state index contributed by atoms with van der Waals surface area (Å²) in [6, 6.07) is 6.12. The number of nitrogens with one attached hydrogen (secondary N) is 1. The molecule has 4 rings (SSSR count). The Morgan fingerprint density at radius 3 is 2.33 bits per heavy atom. The summed E-state index contributed by atoms with van der Waals surface area (Å²) in [4.78, 5) is 13.4. The lowest BCUT2D eigenvalue weighted by molar-refractivity contribution is 0.0696. The number of carboxylic acid groups (broad SMARTS) is 1. The number of rotatable bonds is 2. The molecule has 1 saturated heterocycles. The van der Waals surface area contributed by atoms with Crippen LogP contribution in [-0.4, -0.2) is 64.9 Å². The third-order valence-corrected chi connectivity index (χ3v) is 6.90. The van der Waals surface area contributed by atoms with Crippen molar-refractivity contribution in [3.8, 4) is 11.5 Å². The average Bonchev–Trinajstić information content (AvgIpc) is 2.81. The number of benzene rings is 2. The second kappa shape index (κ2) is 9.47. The lowest BCUT2D eigenvalue weighted by atomic mass is 10.1. The van der Waals surface area contributed by atoms with E-state index in [1.54, 1.807) is 19.1 Å². The van der Waals surface area contributed by atoms with E-state index in [9.17, 15) is 26.7 Å². The number of halogens is 1. The largest absolute Gasteiger partial charge is 0.478 e. The molecular weight excluding hydrogens is 496 g/mol. The molecule has 3 N–H and O–H groups in total. The summed E-state index contributed by atoms with van der Waals surface area (Å²) in [6.07, 6.45) is 0.715. The molecule has 0 spiro atoms. The van der Waals surface area contributed by atoms with Crippen molar-refractivity contribution in [1.82, 2.24) is 5.32 Å². The molecule has 0 saturated carbocycles. The molecule has 2 aliphatic rings. The van der Waals surface area contributed by atoms with E-state index in [-0.39, 0.29) is 22.0 Å². The Hall–Kier alpha value is -2.38. The lowest BCUT2D eigenvalue weighted by Gasteiger charge is -2.30. The number of carboxylic acids is 1. The zero-order valence-corrected chi connectivity index (χ0v) is 20.2. The number of hydrogen-bond acceptors (Lipinski definition) is 8. The molecule has 0 aliphatic carbocycles. The van der Waals surface area contributed by atoms with Crippen molar-refractivity contribution in [2.24, 2.45) is 0 Å². The van der Waals surface area contributed by atoms with Gasteiger partial charge in [-0.2, -0.15) is 8.42 Å². The van der Waals surface area contributed by atoms with Gasteiger partial charge in [0.15, 0.2) is 9.84 Å². The van der Waals surface area contributed by atoms with Gasteiger partial charge in [0.05, 0.1) is 22.6 Å². The molecule has 180 valence electrons. The summed E-state index contributed by atoms with van der Waals surface area (Å²) < 4.78 is 57.9. The van der Waals surface area contributed by atoms with E-state index < -0.39 is 25.9 Å². The number of carbonyl (C=O) groups is 1. The molecule has 0 radical (unpaired) electrons. The topological polar surface area (TPSA) is 150 Å². The van der Waals surface area contributed by atoms with Gasteiger partial charge in [0.2, 0.25) is 0 Å². The lowest BCUT2D eigenvalue weighted by Crippen LogP contribution is -2.43. The maximum atomic E-state index is 13.0. The number of sulfone groups is 1. The van der Waals surface area contributed by atoms with Crippen molar-refractivity contribution in [2.75, 3.05) is 37.3 Å². The fourth-order valence-corrected chi connectivity index (χ4v) is 5.42. The first-order valence-corrected chi connectivity index (χ1v) is 13.6. The van der Waals surface area contributed by atoms with Gasteiger partial charge in [-0.3, -0.25) is 4.55 Å². The number of piperazine rings is 1. The molecule has 0 atom stereocenters. The Balaban J connectivity index is 0.000000555. The van der Waals surface area contributed by atoms with Crippen LogP contribution in [-0.2, 0) is 25.7 Å². The predicted octanol–water partition coefficient (Wildman–Crippen LogP) is 2.34. The van der Waals surface area contributed by atoms with Crippen LogP contribution in [0.5, 0.6) is 11.5 Å². The molecule has 0 unspecified atom stereocenters. The number of anilines is 1. The molecule has 13 heteroatoms. The van der Waals surface area contributed by atoms with Gasteiger partial charge in [-0.1, -0.05) is 11.6 Å². The van der Waals surface area contributed by atoms with Gasteiger partial charge >= 0.3 is 5.97 Å². The summed E-state index contributed by atoms with van der Waals surface area (Å²) in [6.45, 7) is 4.89. The standard InChI is InChI=1S/C19H19ClN2O5S.CH4O3S/c1-11-6-12(19(23)24)8-16-17(11)27-18-13(10-28(16,25)26)7-14(9-15(18)20)22-4-2-21-3-5-22;1-5(2,3)4/h6-9,21H,2-5,10H2,1H3,(H,23,24);1H3,(H,2,3,4). The molecule has 0 aromatic heterocycles. The minimum Gasteiger partial charge on any atom is -0.478 e. The number of aryl methyl sites for hydroxylation is 1. The van der Waals surface area contributed by atoms with Gasteiger partial charge < -0.3 is 20.1 Å². The predicted molar refractivity (Wildman–Crippen MR) is 123 cm³/mol. The number of nitrogens with zero attached hydrogens (tertiary/aromatic N) is 1. The van der Waals surface area contributed by atoms with Crippen LogP contribution in [0.15, 0.2) is 29.2 Å². The van der Waals surface area contributed by atoms with Crippen LogP contribution in [0, 0.1) is 6.92 Å². The number of fused-ring (bicyclic) bond motifs is 2. The summed E-state index contributed by atoms with van der Waals surface area (Å²) in [5.41, 5.74) is 1.64. The van der Waals surface area contributed by atoms with Crippen LogP contribution in [0.2, 0.25) is 5.02 Å². The molecule has 2 aliphatic heterocycles. The monoisotopic (exact) mass is 518 g/mol. The van der Waals surface area contributed by atoms with Gasteiger partial charge in [0.1, 0.15) is 16.4 Å². The fourth-order valence-electron chi connectivity index (χ4n) is 3.57. The highest BCUT2D eigenvalue weighted by atomic mass is 35.5. The Bertz CT molecular complexity index is 1300. The van der Waals surface area contributed by atoms with E-state index in [0.717, 1.165) is 37.9 Å². The molecule has 0 bridgehead atoms. The first-order valence-electron chi connectivity index (χ1n) is 9.75. The highest BCUT2D eigenvalue weighted by Gasteiger charge is 2.31. The van der Waals surface area contributed by atoms with Crippen molar-refractivity contribution in [1.29, 1.82) is 0 Å². The van der Waals surface area contributed by atoms with E-state index >= 15 is 0 Å². The van der Waals surface area contributed by atoms with Crippen LogP contribution >= 0.6 is 11.6 Å². The summed E-state index contributed by atoms with van der Waals surface area (Å²) in [7, 11) is -7.48. The van der Waals surface area contributed by atoms with Crippen molar-refractivity contribution < 1.29 is 36.0 Å². The third-order valence-electron chi connectivity index (χ3n) is 4.96. The molecule has 10 nitrogen and oxygen atoms in total. The first-order chi connectivity index (χ1) is 15.3. The van der Waals surface area contributed by atoms with Crippen LogP contribution < -0.4 is 15.0 Å². The van der Waals surface area contributed by atoms with E-state index in [4.69, 9.17) is 20.9 Å². The Labute approximate surface area is 196 Å². The van der Waals surface area contributed by atoms with Crippen molar-refractivity contribution >= 4 is 43.2 Å². The van der Waals surface area contributed by atoms with Crippen molar-refractivity contribution in [3.63, 3.8) is 0 Å². The van der Waals surface area contributed by atoms with Gasteiger partial charge in [-0.15, -0.1) is 0 Å². The normalized spacial score (nSPS) is 16.9. The van der Waals surface area contributed by atoms with Gasteiger partial charge in [0, 0.05) is 37.4 Å². The van der Waals surface area contributed by atoms with Gasteiger partial charge in [0.25, 0.3) is 10.1 Å². The highest BCUT2D eigenvalue weighted by Crippen LogP contribution is 2.45. The van der Waals surface area contributed by atoms with Crippen LogP contribution in [0.3, 0.4) is 0 Å². The first kappa shape index (κ1) is 25.2. The fraction of sp³-hybridized carbons (Fsp3) is 0.350. The molecule has 1 fully saturated rings. The molecular formula is C20H23ClN2O8S2. The minimum absolute atomic E-state index is 0.0954. The third kappa shape index (κ3) is 6.15. The second-order valence-corrected chi connectivity index (χ2v) is 11.5. The van der Waals surface area contributed by atoms with Crippen molar-refractivity contribution in [3.05, 3.63) is 46.0 Å². The Morgan fingerprint density at radius 1 is 1.15 bits per heavy atom. The quantitative estimate of drug-likeness (QED) is 0.505. The Morgan fingerprint density at radius 2 is 1.76 bits per heavy atom. The van der Waals surface area contributed by atoms with E-state index in [1.807, 2.05) is 0 Å². The van der Waals surface area contributed by atoms with Crippen molar-refractivity contribution in [2.45, 2.75) is 17.6 Å². The van der Waals surface area contributed by atoms with E-state index in [2.05, 4.69) is 10.2 Å². The van der Waals surface area contributed by atoms with Gasteiger partial charge in [-0.25, -0.2) is 13.2 Å². The average molecular weight is 519 g/mol. The highest BCUT2D eigenvalue weighted by molar-refractivity contribution is 7.90. The summed E-state index contributed by atoms with van der Waals surface area (Å²) in [5, 5.41) is 12.9. The maximum Gasteiger partial charge on any atom is 0.335 e. The molecule has 2 aromatic rings. The molecule has 2 heterocycles. The maximum absolute atomic E-state index is 13.0. The molecule has 2 aromatic carbocycles. The SMILES string of the molecule is CS(=O)(=O)O.Cc1cc(C(=O)O)cc2c1Oc1c(Cl)cc(N3CCNCC3)cc1CS2(=O)=O. The second-order valence-electron chi connectivity index (χ2n) is 7.67. The number of ether oxygens (including phenoxy) is 1. The van der Waals surface area contributed by atoms with Gasteiger partial charge in [-0.05, 0) is 36.8 Å². The molecule has 0 amide bonds. The van der Waals surface area contributed by atoms with Crippen LogP contribution in [0.4, 0.5) is 5.69 Å². The Kier molecular flexibility index (Phi) is 7.24. The number of hydrogen-bond donors (Lipinski definition) is 3.